The molecule has 1 saturated heterocycles. The number of amides is 2. The van der Waals surface area contributed by atoms with Crippen LogP contribution in [-0.2, 0) is 19.1 Å². The molecule has 0 bridgehead atoms. The maximum Gasteiger partial charge on any atom is 0.330 e. The lowest BCUT2D eigenvalue weighted by atomic mass is 10.3. The van der Waals surface area contributed by atoms with Crippen molar-refractivity contribution in [1.82, 2.24) is 10.2 Å². The summed E-state index contributed by atoms with van der Waals surface area (Å²) in [5, 5.41) is 2.59. The van der Waals surface area contributed by atoms with E-state index >= 15 is 0 Å². The van der Waals surface area contributed by atoms with Crippen molar-refractivity contribution in [3.05, 3.63) is 12.2 Å². The molecule has 0 unspecified atom stereocenters. The number of nitrogens with one attached hydrogen (secondary N) is 1. The summed E-state index contributed by atoms with van der Waals surface area (Å²) in [6, 6.07) is 0. The van der Waals surface area contributed by atoms with Crippen LogP contribution in [0.4, 0.5) is 0 Å². The fourth-order valence-electron chi connectivity index (χ4n) is 1.14. The molecule has 82 valence electrons. The van der Waals surface area contributed by atoms with E-state index in [1.807, 2.05) is 0 Å². The van der Waals surface area contributed by atoms with Gasteiger partial charge in [-0.25, -0.2) is 4.79 Å². The van der Waals surface area contributed by atoms with Gasteiger partial charge in [-0.3, -0.25) is 9.59 Å². The molecule has 0 radical (unpaired) electrons. The molecular formula is C9H12N2O4. The van der Waals surface area contributed by atoms with Gasteiger partial charge in [-0.05, 0) is 0 Å². The van der Waals surface area contributed by atoms with Crippen molar-refractivity contribution < 1.29 is 19.1 Å². The zero-order chi connectivity index (χ0) is 11.3. The largest absolute Gasteiger partial charge is 0.466 e. The van der Waals surface area contributed by atoms with Gasteiger partial charge in [0.2, 0.25) is 11.8 Å². The van der Waals surface area contributed by atoms with Crippen molar-refractivity contribution in [3.8, 4) is 0 Å². The first kappa shape index (κ1) is 11.2. The Labute approximate surface area is 86.9 Å². The molecule has 0 aromatic carbocycles. The lowest BCUT2D eigenvalue weighted by molar-refractivity contribution is -0.136. The number of hydrogen-bond donors (Lipinski definition) is 1. The van der Waals surface area contributed by atoms with Crippen molar-refractivity contribution in [1.29, 1.82) is 0 Å². The fourth-order valence-corrected chi connectivity index (χ4v) is 1.14. The number of carbonyl (C=O) groups excluding carboxylic acids is 3. The lowest BCUT2D eigenvalue weighted by Gasteiger charge is -2.25. The molecule has 1 fully saturated rings. The third-order valence-electron chi connectivity index (χ3n) is 1.91. The summed E-state index contributed by atoms with van der Waals surface area (Å²) in [7, 11) is 1.23. The smallest absolute Gasteiger partial charge is 0.330 e. The van der Waals surface area contributed by atoms with Crippen LogP contribution in [0.15, 0.2) is 12.2 Å². The third-order valence-corrected chi connectivity index (χ3v) is 1.91. The van der Waals surface area contributed by atoms with Crippen molar-refractivity contribution in [2.75, 3.05) is 26.7 Å². The van der Waals surface area contributed by atoms with Crippen LogP contribution < -0.4 is 5.32 Å². The molecule has 2 amide bonds. The predicted octanol–water partition coefficient (Wildman–Crippen LogP) is -1.33. The second-order valence-corrected chi connectivity index (χ2v) is 2.97. The molecule has 0 saturated carbocycles. The van der Waals surface area contributed by atoms with Gasteiger partial charge in [-0.2, -0.15) is 0 Å². The number of rotatable bonds is 2. The van der Waals surface area contributed by atoms with E-state index in [0.29, 0.717) is 13.1 Å². The number of piperazine rings is 1. The standard InChI is InChI=1S/C9H12N2O4/c1-15-9(14)3-2-8(13)11-5-4-10-7(12)6-11/h2-3H,4-6H2,1H3,(H,10,12). The Kier molecular flexibility index (Phi) is 3.84. The average Bonchev–Trinajstić information content (AvgIpc) is 2.25. The molecule has 6 heteroatoms. The summed E-state index contributed by atoms with van der Waals surface area (Å²) in [5.74, 6) is -1.15. The van der Waals surface area contributed by atoms with E-state index in [1.54, 1.807) is 0 Å². The Hall–Kier alpha value is -1.85. The zero-order valence-electron chi connectivity index (χ0n) is 8.36. The molecule has 6 nitrogen and oxygen atoms in total. The first-order valence-corrected chi connectivity index (χ1v) is 4.45. The SMILES string of the molecule is COC(=O)C=CC(=O)N1CCNC(=O)C1. The Morgan fingerprint density at radius 2 is 2.20 bits per heavy atom. The molecule has 0 aliphatic carbocycles. The topological polar surface area (TPSA) is 75.7 Å². The normalized spacial score (nSPS) is 16.3. The molecule has 1 N–H and O–H groups in total. The van der Waals surface area contributed by atoms with Gasteiger partial charge in [-0.15, -0.1) is 0 Å². The summed E-state index contributed by atoms with van der Waals surface area (Å²) >= 11 is 0. The Balaban J connectivity index is 2.49. The second kappa shape index (κ2) is 5.14. The second-order valence-electron chi connectivity index (χ2n) is 2.97. The van der Waals surface area contributed by atoms with Crippen molar-refractivity contribution in [3.63, 3.8) is 0 Å². The van der Waals surface area contributed by atoms with E-state index in [0.717, 1.165) is 12.2 Å². The fraction of sp³-hybridized carbons (Fsp3) is 0.444. The molecule has 1 heterocycles. The number of ether oxygens (including phenoxy) is 1. The monoisotopic (exact) mass is 212 g/mol. The number of nitrogens with zero attached hydrogens (tertiary/aromatic N) is 1. The Bertz CT molecular complexity index is 311. The van der Waals surface area contributed by atoms with E-state index in [9.17, 15) is 14.4 Å². The first-order valence-electron chi connectivity index (χ1n) is 4.45. The van der Waals surface area contributed by atoms with Crippen molar-refractivity contribution in [2.24, 2.45) is 0 Å². The minimum atomic E-state index is -0.593. The van der Waals surface area contributed by atoms with Crippen LogP contribution in [0.1, 0.15) is 0 Å². The van der Waals surface area contributed by atoms with Crippen LogP contribution in [0.3, 0.4) is 0 Å². The van der Waals surface area contributed by atoms with Gasteiger partial charge < -0.3 is 15.0 Å². The molecule has 0 aromatic rings. The summed E-state index contributed by atoms with van der Waals surface area (Å²) in [6.07, 6.45) is 2.14. The molecular weight excluding hydrogens is 200 g/mol. The lowest BCUT2D eigenvalue weighted by Crippen LogP contribution is -2.49. The zero-order valence-corrected chi connectivity index (χ0v) is 8.36. The summed E-state index contributed by atoms with van der Waals surface area (Å²) in [5.41, 5.74) is 0. The van der Waals surface area contributed by atoms with E-state index in [1.165, 1.54) is 12.0 Å². The maximum absolute atomic E-state index is 11.4. The number of methoxy groups -OCH3 is 1. The van der Waals surface area contributed by atoms with Gasteiger partial charge in [0.15, 0.2) is 0 Å². The van der Waals surface area contributed by atoms with Crippen LogP contribution >= 0.6 is 0 Å². The number of carbonyl (C=O) groups is 3. The van der Waals surface area contributed by atoms with Crippen molar-refractivity contribution in [2.45, 2.75) is 0 Å². The number of hydrogen-bond acceptors (Lipinski definition) is 4. The van der Waals surface area contributed by atoms with E-state index in [2.05, 4.69) is 10.1 Å². The van der Waals surface area contributed by atoms with Gasteiger partial charge in [0.25, 0.3) is 0 Å². The highest BCUT2D eigenvalue weighted by molar-refractivity contribution is 5.96. The van der Waals surface area contributed by atoms with E-state index in [-0.39, 0.29) is 18.4 Å². The molecule has 0 atom stereocenters. The van der Waals surface area contributed by atoms with Gasteiger partial charge in [0, 0.05) is 25.2 Å². The van der Waals surface area contributed by atoms with Crippen LogP contribution in [0.2, 0.25) is 0 Å². The minimum absolute atomic E-state index is 0.0321. The minimum Gasteiger partial charge on any atom is -0.466 e. The molecule has 15 heavy (non-hydrogen) atoms. The van der Waals surface area contributed by atoms with Crippen molar-refractivity contribution >= 4 is 17.8 Å². The van der Waals surface area contributed by atoms with E-state index in [4.69, 9.17) is 0 Å². The quantitative estimate of drug-likeness (QED) is 0.454. The first-order chi connectivity index (χ1) is 7.13. The number of esters is 1. The highest BCUT2D eigenvalue weighted by atomic mass is 16.5. The van der Waals surface area contributed by atoms with Gasteiger partial charge in [-0.1, -0.05) is 0 Å². The van der Waals surface area contributed by atoms with Gasteiger partial charge >= 0.3 is 5.97 Å². The third kappa shape index (κ3) is 3.41. The summed E-state index contributed by atoms with van der Waals surface area (Å²) in [6.45, 7) is 0.928. The predicted molar refractivity (Wildman–Crippen MR) is 50.7 cm³/mol. The molecule has 0 aromatic heterocycles. The summed E-state index contributed by atoms with van der Waals surface area (Å²) in [4.78, 5) is 34.4. The highest BCUT2D eigenvalue weighted by Crippen LogP contribution is 1.95. The van der Waals surface area contributed by atoms with Crippen LogP contribution in [0, 0.1) is 0 Å². The molecule has 1 aliphatic heterocycles. The highest BCUT2D eigenvalue weighted by Gasteiger charge is 2.19. The molecule has 1 rings (SSSR count). The average molecular weight is 212 g/mol. The van der Waals surface area contributed by atoms with Crippen LogP contribution in [-0.4, -0.2) is 49.4 Å². The van der Waals surface area contributed by atoms with Crippen LogP contribution in [0.5, 0.6) is 0 Å². The summed E-state index contributed by atoms with van der Waals surface area (Å²) < 4.78 is 4.33. The molecule has 0 spiro atoms. The molecule has 1 aliphatic rings. The Morgan fingerprint density at radius 3 is 2.80 bits per heavy atom. The van der Waals surface area contributed by atoms with Gasteiger partial charge in [0.05, 0.1) is 13.7 Å². The van der Waals surface area contributed by atoms with Crippen LogP contribution in [0.25, 0.3) is 0 Å². The Morgan fingerprint density at radius 1 is 1.47 bits per heavy atom. The maximum atomic E-state index is 11.4. The van der Waals surface area contributed by atoms with E-state index < -0.39 is 5.97 Å². The van der Waals surface area contributed by atoms with Gasteiger partial charge in [0.1, 0.15) is 0 Å².